The molecule has 1 aromatic heterocycles. The van der Waals surface area contributed by atoms with Crippen molar-refractivity contribution in [1.82, 2.24) is 9.97 Å². The Kier molecular flexibility index (Phi) is 4.05. The first-order chi connectivity index (χ1) is 8.72. The molecule has 0 saturated carbocycles. The molecule has 94 valence electrons. The minimum Gasteiger partial charge on any atom is -0.325 e. The monoisotopic (exact) mass is 241 g/mol. The molecule has 0 aliphatic rings. The minimum atomic E-state index is 0.449. The van der Waals surface area contributed by atoms with Crippen molar-refractivity contribution < 1.29 is 0 Å². The van der Waals surface area contributed by atoms with Gasteiger partial charge in [0.1, 0.15) is 5.82 Å². The molecule has 0 amide bonds. The molecular formula is C15H19N3. The van der Waals surface area contributed by atoms with Gasteiger partial charge >= 0.3 is 0 Å². The van der Waals surface area contributed by atoms with Gasteiger partial charge in [0.2, 0.25) is 0 Å². The molecular weight excluding hydrogens is 222 g/mol. The van der Waals surface area contributed by atoms with E-state index in [1.165, 1.54) is 12.0 Å². The van der Waals surface area contributed by atoms with E-state index < -0.39 is 0 Å². The molecule has 2 aromatic rings. The van der Waals surface area contributed by atoms with Crippen LogP contribution in [0.15, 0.2) is 30.3 Å². The maximum Gasteiger partial charge on any atom is 0.126 e. The largest absolute Gasteiger partial charge is 0.325 e. The van der Waals surface area contributed by atoms with Crippen LogP contribution in [0.25, 0.3) is 11.3 Å². The maximum absolute atomic E-state index is 5.64. The Morgan fingerprint density at radius 2 is 1.83 bits per heavy atom. The Balaban J connectivity index is 2.33. The Morgan fingerprint density at radius 1 is 1.11 bits per heavy atom. The van der Waals surface area contributed by atoms with E-state index in [0.29, 0.717) is 6.54 Å². The van der Waals surface area contributed by atoms with Crippen molar-refractivity contribution in [3.63, 3.8) is 0 Å². The van der Waals surface area contributed by atoms with Crippen molar-refractivity contribution in [2.75, 3.05) is 0 Å². The average Bonchev–Trinajstić information content (AvgIpc) is 2.39. The predicted molar refractivity (Wildman–Crippen MR) is 74.1 cm³/mol. The van der Waals surface area contributed by atoms with Crippen LogP contribution in [-0.4, -0.2) is 9.97 Å². The van der Waals surface area contributed by atoms with Crippen LogP contribution in [0, 0.1) is 6.92 Å². The molecule has 3 nitrogen and oxygen atoms in total. The maximum atomic E-state index is 5.64. The summed E-state index contributed by atoms with van der Waals surface area (Å²) in [5.74, 6) is 0.769. The van der Waals surface area contributed by atoms with Crippen LogP contribution < -0.4 is 5.73 Å². The number of hydrogen-bond donors (Lipinski definition) is 1. The SMILES string of the molecule is CCCc1ccc(-c2cc(CN)nc(C)n2)cc1. The van der Waals surface area contributed by atoms with Crippen LogP contribution in [0.2, 0.25) is 0 Å². The summed E-state index contributed by atoms with van der Waals surface area (Å²) in [5.41, 5.74) is 9.96. The van der Waals surface area contributed by atoms with Crippen molar-refractivity contribution in [1.29, 1.82) is 0 Å². The van der Waals surface area contributed by atoms with Crippen LogP contribution in [0.4, 0.5) is 0 Å². The topological polar surface area (TPSA) is 51.8 Å². The fraction of sp³-hybridized carbons (Fsp3) is 0.333. The summed E-state index contributed by atoms with van der Waals surface area (Å²) in [5, 5.41) is 0. The zero-order chi connectivity index (χ0) is 13.0. The Labute approximate surface area is 108 Å². The Bertz CT molecular complexity index is 518. The molecule has 1 heterocycles. The second-order valence-corrected chi connectivity index (χ2v) is 4.44. The van der Waals surface area contributed by atoms with Crippen molar-refractivity contribution in [2.45, 2.75) is 33.2 Å². The van der Waals surface area contributed by atoms with E-state index in [1.807, 2.05) is 13.0 Å². The van der Waals surface area contributed by atoms with Gasteiger partial charge in [-0.25, -0.2) is 9.97 Å². The number of benzene rings is 1. The fourth-order valence-electron chi connectivity index (χ4n) is 2.01. The van der Waals surface area contributed by atoms with Gasteiger partial charge in [0, 0.05) is 12.1 Å². The van der Waals surface area contributed by atoms with Gasteiger partial charge in [-0.05, 0) is 25.0 Å². The highest BCUT2D eigenvalue weighted by atomic mass is 14.9. The van der Waals surface area contributed by atoms with Gasteiger partial charge in [-0.3, -0.25) is 0 Å². The first-order valence-corrected chi connectivity index (χ1v) is 6.37. The van der Waals surface area contributed by atoms with Crippen LogP contribution >= 0.6 is 0 Å². The first-order valence-electron chi connectivity index (χ1n) is 6.37. The number of rotatable bonds is 4. The Morgan fingerprint density at radius 3 is 2.44 bits per heavy atom. The third-order valence-electron chi connectivity index (χ3n) is 2.89. The number of hydrogen-bond acceptors (Lipinski definition) is 3. The lowest BCUT2D eigenvalue weighted by atomic mass is 10.1. The normalized spacial score (nSPS) is 10.6. The number of nitrogens with two attached hydrogens (primary N) is 1. The second-order valence-electron chi connectivity index (χ2n) is 4.44. The lowest BCUT2D eigenvalue weighted by molar-refractivity contribution is 0.920. The van der Waals surface area contributed by atoms with E-state index in [9.17, 15) is 0 Å². The molecule has 2 N–H and O–H groups in total. The highest BCUT2D eigenvalue weighted by Gasteiger charge is 2.03. The van der Waals surface area contributed by atoms with Crippen molar-refractivity contribution >= 4 is 0 Å². The number of aromatic nitrogens is 2. The Hall–Kier alpha value is -1.74. The van der Waals surface area contributed by atoms with E-state index in [1.54, 1.807) is 0 Å². The first kappa shape index (κ1) is 12.7. The van der Waals surface area contributed by atoms with E-state index in [-0.39, 0.29) is 0 Å². The quantitative estimate of drug-likeness (QED) is 0.895. The highest BCUT2D eigenvalue weighted by molar-refractivity contribution is 5.59. The van der Waals surface area contributed by atoms with E-state index in [4.69, 9.17) is 5.73 Å². The number of nitrogens with zero attached hydrogens (tertiary/aromatic N) is 2. The van der Waals surface area contributed by atoms with Gasteiger partial charge in [-0.15, -0.1) is 0 Å². The molecule has 18 heavy (non-hydrogen) atoms. The van der Waals surface area contributed by atoms with E-state index in [0.717, 1.165) is 29.2 Å². The summed E-state index contributed by atoms with van der Waals surface area (Å²) >= 11 is 0. The van der Waals surface area contributed by atoms with Crippen LogP contribution in [0.1, 0.15) is 30.4 Å². The van der Waals surface area contributed by atoms with Crippen molar-refractivity contribution in [3.05, 3.63) is 47.4 Å². The summed E-state index contributed by atoms with van der Waals surface area (Å²) in [7, 11) is 0. The fourth-order valence-corrected chi connectivity index (χ4v) is 2.01. The minimum absolute atomic E-state index is 0.449. The van der Waals surface area contributed by atoms with Gasteiger partial charge in [0.25, 0.3) is 0 Å². The summed E-state index contributed by atoms with van der Waals surface area (Å²) in [6.45, 7) is 4.54. The average molecular weight is 241 g/mol. The smallest absolute Gasteiger partial charge is 0.126 e. The molecule has 0 atom stereocenters. The molecule has 0 aliphatic carbocycles. The van der Waals surface area contributed by atoms with Crippen LogP contribution in [0.5, 0.6) is 0 Å². The third-order valence-corrected chi connectivity index (χ3v) is 2.89. The molecule has 0 radical (unpaired) electrons. The molecule has 0 unspecified atom stereocenters. The zero-order valence-corrected chi connectivity index (χ0v) is 11.0. The molecule has 0 spiro atoms. The lowest BCUT2D eigenvalue weighted by Gasteiger charge is -2.06. The summed E-state index contributed by atoms with van der Waals surface area (Å²) in [6, 6.07) is 10.5. The van der Waals surface area contributed by atoms with Gasteiger partial charge in [-0.2, -0.15) is 0 Å². The molecule has 3 heteroatoms. The third kappa shape index (κ3) is 2.93. The molecule has 2 rings (SSSR count). The second kappa shape index (κ2) is 5.74. The van der Waals surface area contributed by atoms with E-state index >= 15 is 0 Å². The predicted octanol–water partition coefficient (Wildman–Crippen LogP) is 2.86. The van der Waals surface area contributed by atoms with Gasteiger partial charge in [0.15, 0.2) is 0 Å². The van der Waals surface area contributed by atoms with Crippen molar-refractivity contribution in [2.24, 2.45) is 5.73 Å². The molecule has 0 saturated heterocycles. The number of aryl methyl sites for hydroxylation is 2. The van der Waals surface area contributed by atoms with Gasteiger partial charge < -0.3 is 5.73 Å². The van der Waals surface area contributed by atoms with Gasteiger partial charge in [0.05, 0.1) is 11.4 Å². The van der Waals surface area contributed by atoms with Crippen molar-refractivity contribution in [3.8, 4) is 11.3 Å². The van der Waals surface area contributed by atoms with Crippen LogP contribution in [-0.2, 0) is 13.0 Å². The summed E-state index contributed by atoms with van der Waals surface area (Å²) in [4.78, 5) is 8.75. The lowest BCUT2D eigenvalue weighted by Crippen LogP contribution is -2.03. The highest BCUT2D eigenvalue weighted by Crippen LogP contribution is 2.19. The molecule has 0 fully saturated rings. The summed E-state index contributed by atoms with van der Waals surface area (Å²) < 4.78 is 0. The van der Waals surface area contributed by atoms with E-state index in [2.05, 4.69) is 41.2 Å². The van der Waals surface area contributed by atoms with Crippen LogP contribution in [0.3, 0.4) is 0 Å². The molecule has 1 aromatic carbocycles. The molecule has 0 aliphatic heterocycles. The molecule has 0 bridgehead atoms. The zero-order valence-electron chi connectivity index (χ0n) is 11.0. The van der Waals surface area contributed by atoms with Gasteiger partial charge in [-0.1, -0.05) is 37.6 Å². The summed E-state index contributed by atoms with van der Waals surface area (Å²) in [6.07, 6.45) is 2.29. The standard InChI is InChI=1S/C15H19N3/c1-3-4-12-5-7-13(8-6-12)15-9-14(10-16)17-11(2)18-15/h5-9H,3-4,10,16H2,1-2H3.